The molecule has 5 nitrogen and oxygen atoms in total. The van der Waals surface area contributed by atoms with Crippen LogP contribution in [0.2, 0.25) is 0 Å². The normalized spacial score (nSPS) is 9.21. The summed E-state index contributed by atoms with van der Waals surface area (Å²) in [5, 5.41) is 2.45. The Morgan fingerprint density at radius 2 is 2.50 bits per heavy atom. The molecule has 0 aliphatic heterocycles. The van der Waals surface area contributed by atoms with Crippen LogP contribution in [-0.4, -0.2) is 24.5 Å². The first kappa shape index (κ1) is 10.2. The predicted molar refractivity (Wildman–Crippen MR) is 48.5 cm³/mol. The lowest BCUT2D eigenvalue weighted by molar-refractivity contribution is -0.109. The van der Waals surface area contributed by atoms with Gasteiger partial charge in [-0.15, -0.1) is 0 Å². The average Bonchev–Trinajstić information content (AvgIpc) is 2.25. The van der Waals surface area contributed by atoms with Gasteiger partial charge in [0.05, 0.1) is 24.9 Å². The van der Waals surface area contributed by atoms with Crippen LogP contribution in [0, 0.1) is 0 Å². The number of carbonyl (C=O) groups excluding carboxylic acids is 2. The third-order valence-corrected chi connectivity index (χ3v) is 1.60. The monoisotopic (exact) mass is 194 g/mol. The lowest BCUT2D eigenvalue weighted by Crippen LogP contribution is -2.12. The minimum Gasteiger partial charge on any atom is -0.465 e. The van der Waals surface area contributed by atoms with E-state index in [-0.39, 0.29) is 0 Å². The maximum atomic E-state index is 11.1. The number of hydrogen-bond acceptors (Lipinski definition) is 4. The van der Waals surface area contributed by atoms with Crippen molar-refractivity contribution >= 4 is 12.4 Å². The summed E-state index contributed by atoms with van der Waals surface area (Å²) in [6.45, 7) is 0.300. The van der Waals surface area contributed by atoms with Crippen LogP contribution in [-0.2, 0) is 16.1 Å². The van der Waals surface area contributed by atoms with E-state index in [0.29, 0.717) is 24.2 Å². The molecule has 1 aromatic heterocycles. The highest BCUT2D eigenvalue weighted by Crippen LogP contribution is 2.02. The largest absolute Gasteiger partial charge is 0.465 e. The molecule has 14 heavy (non-hydrogen) atoms. The van der Waals surface area contributed by atoms with Crippen LogP contribution in [0.1, 0.15) is 16.1 Å². The topological polar surface area (TPSA) is 68.3 Å². The van der Waals surface area contributed by atoms with Crippen molar-refractivity contribution in [2.24, 2.45) is 0 Å². The summed E-state index contributed by atoms with van der Waals surface area (Å²) in [5.74, 6) is -0.417. The molecule has 5 heteroatoms. The number of carbonyl (C=O) groups is 2. The molecule has 0 saturated heterocycles. The second-order valence-electron chi connectivity index (χ2n) is 2.53. The quantitative estimate of drug-likeness (QED) is 0.545. The Balaban J connectivity index is 2.78. The number of amides is 1. The number of hydrogen-bond donors (Lipinski definition) is 1. The fourth-order valence-electron chi connectivity index (χ4n) is 0.966. The van der Waals surface area contributed by atoms with Crippen LogP contribution in [0.4, 0.5) is 0 Å². The van der Waals surface area contributed by atoms with Crippen molar-refractivity contribution in [3.05, 3.63) is 29.6 Å². The zero-order valence-corrected chi connectivity index (χ0v) is 7.69. The lowest BCUT2D eigenvalue weighted by Gasteiger charge is -2.01. The van der Waals surface area contributed by atoms with Crippen LogP contribution in [0.3, 0.4) is 0 Å². The first-order valence-electron chi connectivity index (χ1n) is 3.98. The van der Waals surface area contributed by atoms with Crippen LogP contribution < -0.4 is 5.32 Å². The molecule has 0 aliphatic carbocycles. The standard InChI is InChI=1S/C9H10N2O3/c1-14-9(13)7-2-3-11-8(4-7)5-10-6-12/h2-4,6H,5H2,1H3,(H,10,12). The Hall–Kier alpha value is -1.91. The first-order valence-corrected chi connectivity index (χ1v) is 3.98. The molecule has 0 unspecified atom stereocenters. The molecule has 0 atom stereocenters. The molecule has 1 heterocycles. The summed E-state index contributed by atoms with van der Waals surface area (Å²) >= 11 is 0. The fourth-order valence-corrected chi connectivity index (χ4v) is 0.966. The highest BCUT2D eigenvalue weighted by Gasteiger charge is 2.05. The average molecular weight is 194 g/mol. The summed E-state index contributed by atoms with van der Waals surface area (Å²) in [6, 6.07) is 3.12. The number of nitrogens with zero attached hydrogens (tertiary/aromatic N) is 1. The molecular weight excluding hydrogens is 184 g/mol. The number of ether oxygens (including phenoxy) is 1. The van der Waals surface area contributed by atoms with E-state index in [4.69, 9.17) is 0 Å². The number of methoxy groups -OCH3 is 1. The van der Waals surface area contributed by atoms with E-state index in [1.54, 1.807) is 12.1 Å². The van der Waals surface area contributed by atoms with Gasteiger partial charge in [0.2, 0.25) is 6.41 Å². The van der Waals surface area contributed by atoms with Gasteiger partial charge >= 0.3 is 5.97 Å². The van der Waals surface area contributed by atoms with Gasteiger partial charge in [-0.05, 0) is 12.1 Å². The summed E-state index contributed by atoms with van der Waals surface area (Å²) < 4.78 is 4.54. The molecule has 0 aliphatic rings. The number of rotatable bonds is 4. The lowest BCUT2D eigenvalue weighted by atomic mass is 10.2. The van der Waals surface area contributed by atoms with E-state index >= 15 is 0 Å². The second-order valence-corrected chi connectivity index (χ2v) is 2.53. The Kier molecular flexibility index (Phi) is 3.60. The Morgan fingerprint density at radius 3 is 3.14 bits per heavy atom. The van der Waals surface area contributed by atoms with Crippen molar-refractivity contribution < 1.29 is 14.3 Å². The third kappa shape index (κ3) is 2.55. The summed E-state index contributed by atoms with van der Waals surface area (Å²) in [7, 11) is 1.31. The molecule has 74 valence electrons. The Morgan fingerprint density at radius 1 is 1.71 bits per heavy atom. The minimum atomic E-state index is -0.417. The van der Waals surface area contributed by atoms with Crippen molar-refractivity contribution in [3.63, 3.8) is 0 Å². The van der Waals surface area contributed by atoms with E-state index in [2.05, 4.69) is 15.0 Å². The van der Waals surface area contributed by atoms with Crippen LogP contribution in [0.15, 0.2) is 18.3 Å². The molecule has 0 aromatic carbocycles. The van der Waals surface area contributed by atoms with Gasteiger partial charge < -0.3 is 10.1 Å². The van der Waals surface area contributed by atoms with E-state index in [0.717, 1.165) is 0 Å². The van der Waals surface area contributed by atoms with Crippen molar-refractivity contribution in [3.8, 4) is 0 Å². The predicted octanol–water partition coefficient (Wildman–Crippen LogP) is 0.114. The van der Waals surface area contributed by atoms with Crippen LogP contribution in [0.5, 0.6) is 0 Å². The van der Waals surface area contributed by atoms with E-state index in [1.165, 1.54) is 13.3 Å². The van der Waals surface area contributed by atoms with Crippen molar-refractivity contribution in [1.82, 2.24) is 10.3 Å². The highest BCUT2D eigenvalue weighted by molar-refractivity contribution is 5.89. The molecule has 1 N–H and O–H groups in total. The maximum absolute atomic E-state index is 11.1. The Labute approximate surface area is 81.1 Å². The number of pyridine rings is 1. The van der Waals surface area contributed by atoms with E-state index in [9.17, 15) is 9.59 Å². The van der Waals surface area contributed by atoms with Crippen molar-refractivity contribution in [1.29, 1.82) is 0 Å². The molecule has 1 rings (SSSR count). The second kappa shape index (κ2) is 4.96. The van der Waals surface area contributed by atoms with E-state index in [1.807, 2.05) is 0 Å². The highest BCUT2D eigenvalue weighted by atomic mass is 16.5. The summed E-state index contributed by atoms with van der Waals surface area (Å²) in [4.78, 5) is 25.1. The fraction of sp³-hybridized carbons (Fsp3) is 0.222. The van der Waals surface area contributed by atoms with Gasteiger partial charge in [0.25, 0.3) is 0 Å². The molecule has 0 fully saturated rings. The molecule has 0 spiro atoms. The number of nitrogens with one attached hydrogen (secondary N) is 1. The SMILES string of the molecule is COC(=O)c1ccnc(CNC=O)c1. The molecule has 1 aromatic rings. The van der Waals surface area contributed by atoms with Crippen LogP contribution >= 0.6 is 0 Å². The molecule has 0 saturated carbocycles. The third-order valence-electron chi connectivity index (χ3n) is 1.60. The molecule has 0 bridgehead atoms. The van der Waals surface area contributed by atoms with Gasteiger partial charge in [0.1, 0.15) is 0 Å². The molecular formula is C9H10N2O3. The summed E-state index contributed by atoms with van der Waals surface area (Å²) in [5.41, 5.74) is 1.03. The first-order chi connectivity index (χ1) is 6.77. The molecule has 1 amide bonds. The summed E-state index contributed by atoms with van der Waals surface area (Å²) in [6.07, 6.45) is 2.07. The molecule has 0 radical (unpaired) electrons. The van der Waals surface area contributed by atoms with Gasteiger partial charge in [-0.1, -0.05) is 0 Å². The van der Waals surface area contributed by atoms with Crippen molar-refractivity contribution in [2.45, 2.75) is 6.54 Å². The van der Waals surface area contributed by atoms with Crippen molar-refractivity contribution in [2.75, 3.05) is 7.11 Å². The number of esters is 1. The minimum absolute atomic E-state index is 0.300. The van der Waals surface area contributed by atoms with Gasteiger partial charge in [-0.3, -0.25) is 9.78 Å². The smallest absolute Gasteiger partial charge is 0.337 e. The Bertz CT molecular complexity index is 339. The van der Waals surface area contributed by atoms with Gasteiger partial charge in [-0.2, -0.15) is 0 Å². The van der Waals surface area contributed by atoms with Gasteiger partial charge in [-0.25, -0.2) is 4.79 Å². The van der Waals surface area contributed by atoms with Gasteiger partial charge in [0.15, 0.2) is 0 Å². The number of aromatic nitrogens is 1. The zero-order chi connectivity index (χ0) is 10.4. The van der Waals surface area contributed by atoms with Crippen LogP contribution in [0.25, 0.3) is 0 Å². The van der Waals surface area contributed by atoms with E-state index < -0.39 is 5.97 Å². The van der Waals surface area contributed by atoms with Gasteiger partial charge in [0, 0.05) is 6.20 Å². The zero-order valence-electron chi connectivity index (χ0n) is 7.69. The maximum Gasteiger partial charge on any atom is 0.337 e.